The zero-order valence-electron chi connectivity index (χ0n) is 17.0. The van der Waals surface area contributed by atoms with Crippen LogP contribution in [0.4, 0.5) is 10.8 Å². The molecule has 0 atom stereocenters. The Labute approximate surface area is 193 Å². The standard InChI is InChI=1S/C20H18N6O3S3/c1-12-24-25-20(31-12)26-32(28,29)16-7-5-15(6-8-16)22-18(27)11-30-19-14(10-21)9-13-3-2-4-17(13)23-19/h5-9H,2-4,11H2,1H3,(H,22,27)(H,25,26). The molecule has 164 valence electrons. The molecule has 0 saturated heterocycles. The number of fused-ring (bicyclic) bond motifs is 1. The number of nitrogens with zero attached hydrogens (tertiary/aromatic N) is 4. The number of thioether (sulfide) groups is 1. The maximum atomic E-state index is 12.4. The minimum Gasteiger partial charge on any atom is -0.325 e. The smallest absolute Gasteiger partial charge is 0.263 e. The van der Waals surface area contributed by atoms with Gasteiger partial charge in [-0.25, -0.2) is 13.4 Å². The summed E-state index contributed by atoms with van der Waals surface area (Å²) in [5.74, 6) is -0.197. The van der Waals surface area contributed by atoms with Gasteiger partial charge in [0.1, 0.15) is 16.1 Å². The van der Waals surface area contributed by atoms with E-state index in [0.717, 1.165) is 41.9 Å². The Kier molecular flexibility index (Phi) is 6.40. The zero-order chi connectivity index (χ0) is 22.7. The fraction of sp³-hybridized carbons (Fsp3) is 0.250. The number of pyridine rings is 1. The second-order valence-corrected chi connectivity index (χ2v) is 10.8. The van der Waals surface area contributed by atoms with Crippen LogP contribution in [0.25, 0.3) is 0 Å². The maximum absolute atomic E-state index is 12.4. The van der Waals surface area contributed by atoms with E-state index in [0.29, 0.717) is 21.3 Å². The molecule has 1 aliphatic rings. The molecule has 0 saturated carbocycles. The summed E-state index contributed by atoms with van der Waals surface area (Å²) in [7, 11) is -3.80. The highest BCUT2D eigenvalue weighted by Crippen LogP contribution is 2.28. The van der Waals surface area contributed by atoms with Crippen molar-refractivity contribution in [2.75, 3.05) is 15.8 Å². The van der Waals surface area contributed by atoms with Crippen molar-refractivity contribution in [3.05, 3.63) is 52.2 Å². The summed E-state index contributed by atoms with van der Waals surface area (Å²) in [6.07, 6.45) is 2.86. The molecule has 2 N–H and O–H groups in total. The number of benzene rings is 1. The van der Waals surface area contributed by atoms with Crippen LogP contribution in [0.5, 0.6) is 0 Å². The fourth-order valence-electron chi connectivity index (χ4n) is 3.20. The third-order valence-corrected chi connectivity index (χ3v) is 7.90. The summed E-state index contributed by atoms with van der Waals surface area (Å²) in [4.78, 5) is 17.0. The van der Waals surface area contributed by atoms with Crippen LogP contribution in [0, 0.1) is 18.3 Å². The average molecular weight is 487 g/mol. The Bertz CT molecular complexity index is 1310. The molecule has 0 fully saturated rings. The predicted molar refractivity (Wildman–Crippen MR) is 122 cm³/mol. The van der Waals surface area contributed by atoms with E-state index in [1.165, 1.54) is 36.0 Å². The lowest BCUT2D eigenvalue weighted by Gasteiger charge is -2.09. The summed E-state index contributed by atoms with van der Waals surface area (Å²) in [6.45, 7) is 1.73. The topological polar surface area (TPSA) is 138 Å². The van der Waals surface area contributed by atoms with Crippen molar-refractivity contribution >= 4 is 49.8 Å². The molecule has 0 spiro atoms. The van der Waals surface area contributed by atoms with Crippen molar-refractivity contribution in [1.82, 2.24) is 15.2 Å². The lowest BCUT2D eigenvalue weighted by molar-refractivity contribution is -0.113. The van der Waals surface area contributed by atoms with Gasteiger partial charge in [-0.05, 0) is 62.1 Å². The van der Waals surface area contributed by atoms with Gasteiger partial charge in [0.2, 0.25) is 11.0 Å². The Morgan fingerprint density at radius 1 is 1.25 bits per heavy atom. The Morgan fingerprint density at radius 2 is 2.03 bits per heavy atom. The number of sulfonamides is 1. The lowest BCUT2D eigenvalue weighted by atomic mass is 10.2. The van der Waals surface area contributed by atoms with Crippen LogP contribution in [-0.2, 0) is 27.7 Å². The van der Waals surface area contributed by atoms with Crippen molar-refractivity contribution in [3.63, 3.8) is 0 Å². The van der Waals surface area contributed by atoms with Gasteiger partial charge in [0.15, 0.2) is 0 Å². The van der Waals surface area contributed by atoms with Gasteiger partial charge in [0.05, 0.1) is 16.2 Å². The van der Waals surface area contributed by atoms with Crippen LogP contribution in [0.2, 0.25) is 0 Å². The van der Waals surface area contributed by atoms with Gasteiger partial charge in [-0.2, -0.15) is 5.26 Å². The third-order valence-electron chi connectivity index (χ3n) is 4.67. The highest BCUT2D eigenvalue weighted by atomic mass is 32.2. The summed E-state index contributed by atoms with van der Waals surface area (Å²) in [5.41, 5.74) is 3.06. The largest absolute Gasteiger partial charge is 0.325 e. The van der Waals surface area contributed by atoms with E-state index in [4.69, 9.17) is 0 Å². The van der Waals surface area contributed by atoms with E-state index in [-0.39, 0.29) is 21.7 Å². The summed E-state index contributed by atoms with van der Waals surface area (Å²) < 4.78 is 27.3. The van der Waals surface area contributed by atoms with Crippen molar-refractivity contribution < 1.29 is 13.2 Å². The first-order valence-electron chi connectivity index (χ1n) is 9.62. The molecular weight excluding hydrogens is 468 g/mol. The van der Waals surface area contributed by atoms with Gasteiger partial charge in [0.25, 0.3) is 10.0 Å². The molecule has 0 unspecified atom stereocenters. The molecule has 2 heterocycles. The van der Waals surface area contributed by atoms with Crippen molar-refractivity contribution in [2.24, 2.45) is 0 Å². The first kappa shape index (κ1) is 22.2. The zero-order valence-corrected chi connectivity index (χ0v) is 19.4. The van der Waals surface area contributed by atoms with E-state index in [2.05, 4.69) is 31.3 Å². The number of aromatic nitrogens is 3. The van der Waals surface area contributed by atoms with Gasteiger partial charge < -0.3 is 5.32 Å². The molecule has 4 rings (SSSR count). The predicted octanol–water partition coefficient (Wildman–Crippen LogP) is 3.13. The number of carbonyl (C=O) groups excluding carboxylic acids is 1. The maximum Gasteiger partial charge on any atom is 0.263 e. The van der Waals surface area contributed by atoms with Crippen LogP contribution in [0.15, 0.2) is 40.3 Å². The molecule has 9 nitrogen and oxygen atoms in total. The minimum atomic E-state index is -3.80. The van der Waals surface area contributed by atoms with E-state index in [9.17, 15) is 18.5 Å². The van der Waals surface area contributed by atoms with Crippen molar-refractivity contribution in [1.29, 1.82) is 5.26 Å². The summed E-state index contributed by atoms with van der Waals surface area (Å²) in [6, 6.07) is 9.84. The molecule has 12 heteroatoms. The number of nitriles is 1. The second-order valence-electron chi connectivity index (χ2n) is 7.01. The van der Waals surface area contributed by atoms with Crippen molar-refractivity contribution in [2.45, 2.75) is 36.1 Å². The number of rotatable bonds is 7. The molecule has 0 bridgehead atoms. The number of amides is 1. The molecule has 0 radical (unpaired) electrons. The number of hydrogen-bond acceptors (Lipinski definition) is 9. The van der Waals surface area contributed by atoms with Crippen molar-refractivity contribution in [3.8, 4) is 6.07 Å². The summed E-state index contributed by atoms with van der Waals surface area (Å²) >= 11 is 2.35. The van der Waals surface area contributed by atoms with Gasteiger partial charge in [-0.3, -0.25) is 9.52 Å². The fourth-order valence-corrected chi connectivity index (χ4v) is 5.80. The van der Waals surface area contributed by atoms with Gasteiger partial charge >= 0.3 is 0 Å². The van der Waals surface area contributed by atoms with Crippen LogP contribution in [0.1, 0.15) is 28.2 Å². The van der Waals surface area contributed by atoms with Crippen LogP contribution in [-0.4, -0.2) is 35.3 Å². The minimum absolute atomic E-state index is 0.0405. The quantitative estimate of drug-likeness (QED) is 0.486. The number of nitrogens with one attached hydrogen (secondary N) is 2. The molecule has 1 aromatic carbocycles. The molecule has 3 aromatic rings. The number of anilines is 2. The van der Waals surface area contributed by atoms with Gasteiger partial charge in [0, 0.05) is 11.4 Å². The van der Waals surface area contributed by atoms with E-state index >= 15 is 0 Å². The van der Waals surface area contributed by atoms with Crippen LogP contribution < -0.4 is 10.0 Å². The lowest BCUT2D eigenvalue weighted by Crippen LogP contribution is -2.15. The first-order chi connectivity index (χ1) is 15.3. The molecule has 32 heavy (non-hydrogen) atoms. The molecule has 1 aliphatic carbocycles. The number of carbonyl (C=O) groups is 1. The number of aryl methyl sites for hydroxylation is 3. The molecule has 2 aromatic heterocycles. The van der Waals surface area contributed by atoms with Gasteiger partial charge in [-0.1, -0.05) is 23.1 Å². The monoisotopic (exact) mass is 486 g/mol. The van der Waals surface area contributed by atoms with E-state index in [1.807, 2.05) is 6.07 Å². The summed E-state index contributed by atoms with van der Waals surface area (Å²) in [5, 5.41) is 21.0. The Morgan fingerprint density at radius 3 is 2.72 bits per heavy atom. The third kappa shape index (κ3) is 5.07. The average Bonchev–Trinajstić information content (AvgIpc) is 3.39. The molecule has 0 aliphatic heterocycles. The number of hydrogen-bond donors (Lipinski definition) is 2. The molecule has 1 amide bonds. The van der Waals surface area contributed by atoms with Crippen LogP contribution in [0.3, 0.4) is 0 Å². The van der Waals surface area contributed by atoms with Gasteiger partial charge in [-0.15, -0.1) is 10.2 Å². The van der Waals surface area contributed by atoms with E-state index in [1.54, 1.807) is 6.92 Å². The molecular formula is C20H18N6O3S3. The Hall–Kier alpha value is -3.01. The van der Waals surface area contributed by atoms with Crippen LogP contribution >= 0.6 is 23.1 Å². The Balaban J connectivity index is 1.37. The SMILES string of the molecule is Cc1nnc(NS(=O)(=O)c2ccc(NC(=O)CSc3nc4c(cc3C#N)CCC4)cc2)s1. The highest BCUT2D eigenvalue weighted by molar-refractivity contribution is 8.00. The normalized spacial score (nSPS) is 12.8. The second kappa shape index (κ2) is 9.23. The highest BCUT2D eigenvalue weighted by Gasteiger charge is 2.18. The van der Waals surface area contributed by atoms with E-state index < -0.39 is 10.0 Å². The first-order valence-corrected chi connectivity index (χ1v) is 12.9.